The number of nitrogens with one attached hydrogen (secondary N) is 1. The molecule has 26 heavy (non-hydrogen) atoms. The quantitative estimate of drug-likeness (QED) is 0.602. The normalized spacial score (nSPS) is 10.6. The third-order valence-corrected chi connectivity index (χ3v) is 3.92. The molecule has 0 aliphatic rings. The summed E-state index contributed by atoms with van der Waals surface area (Å²) in [4.78, 5) is 16.8. The van der Waals surface area contributed by atoms with Crippen LogP contribution in [0.3, 0.4) is 0 Å². The number of pyridine rings is 1. The number of hydrogen-bond acceptors (Lipinski definition) is 4. The Morgan fingerprint density at radius 1 is 1.04 bits per heavy atom. The smallest absolute Gasteiger partial charge is 0.270 e. The fourth-order valence-corrected chi connectivity index (χ4v) is 2.63. The number of nitrogens with zero attached hydrogens (tertiary/aromatic N) is 3. The fourth-order valence-electron chi connectivity index (χ4n) is 2.63. The van der Waals surface area contributed by atoms with Crippen molar-refractivity contribution in [2.24, 2.45) is 0 Å². The average Bonchev–Trinajstić information content (AvgIpc) is 3.37. The maximum Gasteiger partial charge on any atom is 0.270 e. The highest BCUT2D eigenvalue weighted by Crippen LogP contribution is 2.22. The van der Waals surface area contributed by atoms with Gasteiger partial charge in [0.25, 0.3) is 5.91 Å². The van der Waals surface area contributed by atoms with Gasteiger partial charge in [0.1, 0.15) is 11.4 Å². The van der Waals surface area contributed by atoms with Crippen molar-refractivity contribution in [3.8, 4) is 17.1 Å². The highest BCUT2D eigenvalue weighted by atomic mass is 16.3. The van der Waals surface area contributed by atoms with Crippen LogP contribution in [0.25, 0.3) is 17.1 Å². The summed E-state index contributed by atoms with van der Waals surface area (Å²) in [6.45, 7) is 0.414. The number of rotatable bonds is 5. The number of carbonyl (C=O) groups excluding carboxylic acids is 1. The molecule has 3 heterocycles. The highest BCUT2D eigenvalue weighted by molar-refractivity contribution is 5.94. The zero-order valence-electron chi connectivity index (χ0n) is 13.9. The molecule has 0 atom stereocenters. The van der Waals surface area contributed by atoms with Crippen LogP contribution >= 0.6 is 0 Å². The number of amides is 1. The second kappa shape index (κ2) is 7.06. The molecule has 6 heteroatoms. The molecule has 1 N–H and O–H groups in total. The van der Waals surface area contributed by atoms with E-state index in [0.717, 1.165) is 11.3 Å². The first-order valence-electron chi connectivity index (χ1n) is 8.18. The molecule has 1 aromatic carbocycles. The topological polar surface area (TPSA) is 73.0 Å². The lowest BCUT2D eigenvalue weighted by molar-refractivity contribution is 0.0943. The minimum Gasteiger partial charge on any atom is -0.463 e. The zero-order chi connectivity index (χ0) is 17.8. The van der Waals surface area contributed by atoms with Crippen LogP contribution < -0.4 is 5.32 Å². The number of benzene rings is 1. The van der Waals surface area contributed by atoms with Gasteiger partial charge in [0, 0.05) is 25.0 Å². The van der Waals surface area contributed by atoms with Crippen LogP contribution in [-0.4, -0.2) is 20.7 Å². The van der Waals surface area contributed by atoms with Crippen molar-refractivity contribution in [3.63, 3.8) is 0 Å². The van der Waals surface area contributed by atoms with Crippen LogP contribution in [0.15, 0.2) is 83.7 Å². The molecule has 0 fully saturated rings. The Morgan fingerprint density at radius 3 is 2.58 bits per heavy atom. The van der Waals surface area contributed by atoms with Crippen LogP contribution in [0.2, 0.25) is 0 Å². The summed E-state index contributed by atoms with van der Waals surface area (Å²) in [6, 6.07) is 18.6. The molecule has 0 radical (unpaired) electrons. The average molecular weight is 344 g/mol. The molecule has 3 aromatic heterocycles. The number of para-hydroxylation sites is 1. The molecular formula is C20H16N4O2. The lowest BCUT2D eigenvalue weighted by Crippen LogP contribution is -2.25. The number of hydrogen-bond donors (Lipinski definition) is 1. The van der Waals surface area contributed by atoms with E-state index in [0.29, 0.717) is 23.7 Å². The van der Waals surface area contributed by atoms with Gasteiger partial charge in [-0.25, -0.2) is 4.68 Å². The third-order valence-electron chi connectivity index (χ3n) is 3.92. The van der Waals surface area contributed by atoms with Crippen molar-refractivity contribution in [2.45, 2.75) is 6.54 Å². The maximum absolute atomic E-state index is 12.8. The van der Waals surface area contributed by atoms with Crippen LogP contribution in [0.5, 0.6) is 0 Å². The van der Waals surface area contributed by atoms with E-state index in [2.05, 4.69) is 15.4 Å². The fraction of sp³-hybridized carbons (Fsp3) is 0.0500. The first-order valence-corrected chi connectivity index (χ1v) is 8.18. The Balaban J connectivity index is 1.66. The monoisotopic (exact) mass is 344 g/mol. The summed E-state index contributed by atoms with van der Waals surface area (Å²) in [5, 5.41) is 7.48. The van der Waals surface area contributed by atoms with Crippen molar-refractivity contribution >= 4 is 5.91 Å². The summed E-state index contributed by atoms with van der Waals surface area (Å²) < 4.78 is 7.04. The molecule has 0 aliphatic carbocycles. The first kappa shape index (κ1) is 15.8. The highest BCUT2D eigenvalue weighted by Gasteiger charge is 2.18. The van der Waals surface area contributed by atoms with Crippen LogP contribution in [0, 0.1) is 0 Å². The molecule has 6 nitrogen and oxygen atoms in total. The lowest BCUT2D eigenvalue weighted by Gasteiger charge is -2.08. The van der Waals surface area contributed by atoms with Gasteiger partial charge in [-0.3, -0.25) is 9.78 Å². The summed E-state index contributed by atoms with van der Waals surface area (Å²) in [7, 11) is 0. The first-order chi connectivity index (χ1) is 12.8. The van der Waals surface area contributed by atoms with E-state index in [1.807, 2.05) is 48.5 Å². The second-order valence-electron chi connectivity index (χ2n) is 5.68. The summed E-state index contributed by atoms with van der Waals surface area (Å²) in [6.07, 6.45) is 4.98. The second-order valence-corrected chi connectivity index (χ2v) is 5.68. The molecule has 4 rings (SSSR count). The van der Waals surface area contributed by atoms with Gasteiger partial charge >= 0.3 is 0 Å². The number of carbonyl (C=O) groups is 1. The lowest BCUT2D eigenvalue weighted by atomic mass is 10.2. The summed E-state index contributed by atoms with van der Waals surface area (Å²) in [5.74, 6) is 0.402. The van der Waals surface area contributed by atoms with Crippen molar-refractivity contribution in [2.75, 3.05) is 0 Å². The molecule has 1 amide bonds. The Morgan fingerprint density at radius 2 is 1.85 bits per heavy atom. The molecule has 0 spiro atoms. The predicted molar refractivity (Wildman–Crippen MR) is 96.7 cm³/mol. The van der Waals surface area contributed by atoms with E-state index in [9.17, 15) is 4.79 Å². The summed E-state index contributed by atoms with van der Waals surface area (Å²) >= 11 is 0. The molecule has 0 saturated heterocycles. The van der Waals surface area contributed by atoms with Crippen LogP contribution in [0.4, 0.5) is 0 Å². The number of furan rings is 1. The van der Waals surface area contributed by atoms with E-state index in [1.165, 1.54) is 0 Å². The van der Waals surface area contributed by atoms with E-state index in [-0.39, 0.29) is 5.91 Å². The maximum atomic E-state index is 12.8. The zero-order valence-corrected chi connectivity index (χ0v) is 13.9. The molecule has 4 aromatic rings. The minimum absolute atomic E-state index is 0.212. The van der Waals surface area contributed by atoms with E-state index in [4.69, 9.17) is 4.42 Å². The standard InChI is InChI=1S/C20H16N4O2/c25-20(22-14-15-8-10-21-11-9-15)18-13-17(19-7-4-12-26-19)23-24(18)16-5-2-1-3-6-16/h1-13H,14H2,(H,22,25). The van der Waals surface area contributed by atoms with Crippen molar-refractivity contribution in [3.05, 3.63) is 90.6 Å². The SMILES string of the molecule is O=C(NCc1ccncc1)c1cc(-c2ccco2)nn1-c1ccccc1. The van der Waals surface area contributed by atoms with Crippen molar-refractivity contribution in [1.29, 1.82) is 0 Å². The van der Waals surface area contributed by atoms with Crippen molar-refractivity contribution in [1.82, 2.24) is 20.1 Å². The van der Waals surface area contributed by atoms with Gasteiger partial charge in [0.2, 0.25) is 0 Å². The van der Waals surface area contributed by atoms with Gasteiger partial charge in [-0.05, 0) is 42.0 Å². The van der Waals surface area contributed by atoms with Gasteiger partial charge in [-0.1, -0.05) is 18.2 Å². The van der Waals surface area contributed by atoms with E-state index < -0.39 is 0 Å². The van der Waals surface area contributed by atoms with Gasteiger partial charge in [-0.2, -0.15) is 5.10 Å². The molecule has 128 valence electrons. The Hall–Kier alpha value is -3.67. The van der Waals surface area contributed by atoms with Crippen LogP contribution in [-0.2, 0) is 6.54 Å². The molecule has 0 saturated carbocycles. The minimum atomic E-state index is -0.212. The van der Waals surface area contributed by atoms with Crippen LogP contribution in [0.1, 0.15) is 16.1 Å². The van der Waals surface area contributed by atoms with Gasteiger partial charge in [0.05, 0.1) is 12.0 Å². The van der Waals surface area contributed by atoms with Gasteiger partial charge in [0.15, 0.2) is 5.76 Å². The molecule has 0 bridgehead atoms. The van der Waals surface area contributed by atoms with E-state index >= 15 is 0 Å². The summed E-state index contributed by atoms with van der Waals surface area (Å²) in [5.41, 5.74) is 2.83. The van der Waals surface area contributed by atoms with E-state index in [1.54, 1.807) is 35.5 Å². The predicted octanol–water partition coefficient (Wildman–Crippen LogP) is 3.46. The number of aromatic nitrogens is 3. The van der Waals surface area contributed by atoms with Gasteiger partial charge < -0.3 is 9.73 Å². The molecular weight excluding hydrogens is 328 g/mol. The molecule has 0 unspecified atom stereocenters. The van der Waals surface area contributed by atoms with Gasteiger partial charge in [-0.15, -0.1) is 0 Å². The third kappa shape index (κ3) is 3.25. The Labute approximate surface area is 150 Å². The largest absolute Gasteiger partial charge is 0.463 e. The van der Waals surface area contributed by atoms with Crippen molar-refractivity contribution < 1.29 is 9.21 Å². The Kier molecular flexibility index (Phi) is 4.30. The molecule has 0 aliphatic heterocycles. The Bertz CT molecular complexity index is 993.